The van der Waals surface area contributed by atoms with Crippen molar-refractivity contribution in [2.45, 2.75) is 26.4 Å². The van der Waals surface area contributed by atoms with Crippen LogP contribution in [-0.4, -0.2) is 22.9 Å². The third kappa shape index (κ3) is 2.61. The molecule has 23 heavy (non-hydrogen) atoms. The smallest absolute Gasteiger partial charge is 0.134 e. The summed E-state index contributed by atoms with van der Waals surface area (Å²) in [6, 6.07) is 10.4. The van der Waals surface area contributed by atoms with Gasteiger partial charge in [-0.25, -0.2) is 4.68 Å². The number of aromatic nitrogens is 2. The fourth-order valence-electron chi connectivity index (χ4n) is 3.37. The fourth-order valence-corrected chi connectivity index (χ4v) is 3.37. The number of fused-ring (bicyclic) bond motifs is 2. The van der Waals surface area contributed by atoms with Crippen LogP contribution < -0.4 is 10.6 Å². The van der Waals surface area contributed by atoms with Gasteiger partial charge in [-0.1, -0.05) is 18.2 Å². The molecular weight excluding hydrogens is 288 g/mol. The highest BCUT2D eigenvalue weighted by molar-refractivity contribution is 5.82. The van der Waals surface area contributed by atoms with Gasteiger partial charge >= 0.3 is 0 Å². The molecule has 0 spiro atoms. The zero-order chi connectivity index (χ0) is 15.8. The van der Waals surface area contributed by atoms with Crippen molar-refractivity contribution in [2.75, 3.05) is 18.4 Å². The van der Waals surface area contributed by atoms with Gasteiger partial charge in [0.05, 0.1) is 12.2 Å². The quantitative estimate of drug-likeness (QED) is 0.776. The molecule has 0 amide bonds. The SMILES string of the molecule is Cc1c([C@H](C)NC[C@H]2CNc3ccnn3C2)oc2ccccc12. The first-order valence-corrected chi connectivity index (χ1v) is 8.19. The Kier molecular flexibility index (Phi) is 3.58. The molecule has 0 saturated heterocycles. The second-order valence-electron chi connectivity index (χ2n) is 6.36. The highest BCUT2D eigenvalue weighted by Crippen LogP contribution is 2.29. The van der Waals surface area contributed by atoms with Gasteiger partial charge in [-0.15, -0.1) is 0 Å². The lowest BCUT2D eigenvalue weighted by Crippen LogP contribution is -2.36. The number of nitrogens with one attached hydrogen (secondary N) is 2. The second kappa shape index (κ2) is 5.74. The van der Waals surface area contributed by atoms with Crippen molar-refractivity contribution < 1.29 is 4.42 Å². The average Bonchev–Trinajstić information content (AvgIpc) is 3.17. The third-order valence-electron chi connectivity index (χ3n) is 4.71. The first kappa shape index (κ1) is 14.3. The van der Waals surface area contributed by atoms with Gasteiger partial charge in [-0.3, -0.25) is 0 Å². The predicted octanol–water partition coefficient (Wildman–Crippen LogP) is 3.33. The summed E-state index contributed by atoms with van der Waals surface area (Å²) < 4.78 is 8.08. The van der Waals surface area contributed by atoms with Gasteiger partial charge in [-0.05, 0) is 25.5 Å². The van der Waals surface area contributed by atoms with Crippen LogP contribution in [0.25, 0.3) is 11.0 Å². The molecule has 0 unspecified atom stereocenters. The van der Waals surface area contributed by atoms with E-state index >= 15 is 0 Å². The lowest BCUT2D eigenvalue weighted by Gasteiger charge is -2.26. The molecule has 2 atom stereocenters. The van der Waals surface area contributed by atoms with E-state index < -0.39 is 0 Å². The van der Waals surface area contributed by atoms with E-state index in [0.29, 0.717) is 5.92 Å². The second-order valence-corrected chi connectivity index (χ2v) is 6.36. The maximum Gasteiger partial charge on any atom is 0.134 e. The van der Waals surface area contributed by atoms with Gasteiger partial charge in [0.15, 0.2) is 0 Å². The third-order valence-corrected chi connectivity index (χ3v) is 4.71. The first-order valence-electron chi connectivity index (χ1n) is 8.19. The largest absolute Gasteiger partial charge is 0.459 e. The van der Waals surface area contributed by atoms with Gasteiger partial charge < -0.3 is 15.1 Å². The zero-order valence-electron chi connectivity index (χ0n) is 13.5. The van der Waals surface area contributed by atoms with E-state index in [1.165, 1.54) is 10.9 Å². The summed E-state index contributed by atoms with van der Waals surface area (Å²) in [6.07, 6.45) is 1.85. The summed E-state index contributed by atoms with van der Waals surface area (Å²) in [7, 11) is 0. The van der Waals surface area contributed by atoms with Crippen molar-refractivity contribution in [3.63, 3.8) is 0 Å². The van der Waals surface area contributed by atoms with Crippen molar-refractivity contribution in [2.24, 2.45) is 5.92 Å². The molecule has 0 fully saturated rings. The number of aryl methyl sites for hydroxylation is 1. The van der Waals surface area contributed by atoms with Crippen LogP contribution in [-0.2, 0) is 6.54 Å². The van der Waals surface area contributed by atoms with Gasteiger partial charge in [0.25, 0.3) is 0 Å². The highest BCUT2D eigenvalue weighted by atomic mass is 16.3. The topological polar surface area (TPSA) is 55.0 Å². The highest BCUT2D eigenvalue weighted by Gasteiger charge is 2.21. The van der Waals surface area contributed by atoms with Crippen molar-refractivity contribution in [1.29, 1.82) is 0 Å². The number of rotatable bonds is 4. The standard InChI is InChI=1S/C18H22N4O/c1-12-15-5-3-4-6-16(15)23-18(12)13(2)19-9-14-10-20-17-7-8-21-22(17)11-14/h3-8,13-14,19-20H,9-11H2,1-2H3/t13-,14-/m0/s1. The van der Waals surface area contributed by atoms with E-state index in [1.54, 1.807) is 0 Å². The van der Waals surface area contributed by atoms with Crippen LogP contribution in [0.2, 0.25) is 0 Å². The summed E-state index contributed by atoms with van der Waals surface area (Å²) >= 11 is 0. The van der Waals surface area contributed by atoms with Crippen LogP contribution in [0.1, 0.15) is 24.3 Å². The van der Waals surface area contributed by atoms with Crippen LogP contribution in [0.3, 0.4) is 0 Å². The normalized spacial score (nSPS) is 18.6. The van der Waals surface area contributed by atoms with Crippen LogP contribution in [0, 0.1) is 12.8 Å². The summed E-state index contributed by atoms with van der Waals surface area (Å²) in [4.78, 5) is 0. The van der Waals surface area contributed by atoms with E-state index in [9.17, 15) is 0 Å². The van der Waals surface area contributed by atoms with Gasteiger partial charge in [0.2, 0.25) is 0 Å². The molecule has 0 aliphatic carbocycles. The Morgan fingerprint density at radius 1 is 1.39 bits per heavy atom. The zero-order valence-corrected chi connectivity index (χ0v) is 13.5. The average molecular weight is 310 g/mol. The van der Waals surface area contributed by atoms with E-state index in [1.807, 2.05) is 29.1 Å². The minimum Gasteiger partial charge on any atom is -0.459 e. The Hall–Kier alpha value is -2.27. The predicted molar refractivity (Wildman–Crippen MR) is 91.6 cm³/mol. The van der Waals surface area contributed by atoms with E-state index in [4.69, 9.17) is 4.42 Å². The maximum atomic E-state index is 6.05. The monoisotopic (exact) mass is 310 g/mol. The molecule has 0 bridgehead atoms. The molecule has 3 heterocycles. The van der Waals surface area contributed by atoms with Crippen molar-refractivity contribution in [3.8, 4) is 0 Å². The molecule has 2 aromatic heterocycles. The molecule has 1 aliphatic heterocycles. The van der Waals surface area contributed by atoms with Crippen LogP contribution in [0.5, 0.6) is 0 Å². The Morgan fingerprint density at radius 3 is 3.13 bits per heavy atom. The number of furan rings is 1. The minimum absolute atomic E-state index is 0.196. The molecule has 4 rings (SSSR count). The molecule has 3 aromatic rings. The molecule has 5 heteroatoms. The van der Waals surface area contributed by atoms with Gasteiger partial charge in [0, 0.05) is 37.0 Å². The number of hydrogen-bond acceptors (Lipinski definition) is 4. The van der Waals surface area contributed by atoms with Crippen LogP contribution >= 0.6 is 0 Å². The van der Waals surface area contributed by atoms with Crippen molar-refractivity contribution in [3.05, 3.63) is 47.9 Å². The van der Waals surface area contributed by atoms with Gasteiger partial charge in [-0.2, -0.15) is 5.10 Å². The summed E-state index contributed by atoms with van der Waals surface area (Å²) in [5, 5.41) is 12.6. The van der Waals surface area contributed by atoms with E-state index in [0.717, 1.165) is 36.8 Å². The Balaban J connectivity index is 1.43. The number of nitrogens with zero attached hydrogens (tertiary/aromatic N) is 2. The number of benzene rings is 1. The molecule has 0 saturated carbocycles. The molecule has 120 valence electrons. The maximum absolute atomic E-state index is 6.05. The molecule has 5 nitrogen and oxygen atoms in total. The Labute approximate surface area is 135 Å². The van der Waals surface area contributed by atoms with Crippen LogP contribution in [0.15, 0.2) is 40.9 Å². The molecule has 1 aliphatic rings. The Morgan fingerprint density at radius 2 is 2.26 bits per heavy atom. The Bertz CT molecular complexity index is 819. The molecule has 2 N–H and O–H groups in total. The number of para-hydroxylation sites is 1. The molecule has 0 radical (unpaired) electrons. The fraction of sp³-hybridized carbons (Fsp3) is 0.389. The lowest BCUT2D eigenvalue weighted by molar-refractivity contribution is 0.359. The first-order chi connectivity index (χ1) is 11.2. The molecular formula is C18H22N4O. The lowest BCUT2D eigenvalue weighted by atomic mass is 10.1. The number of anilines is 1. The summed E-state index contributed by atoms with van der Waals surface area (Å²) in [5.74, 6) is 2.67. The molecule has 1 aromatic carbocycles. The number of hydrogen-bond donors (Lipinski definition) is 2. The summed E-state index contributed by atoms with van der Waals surface area (Å²) in [6.45, 7) is 7.17. The van der Waals surface area contributed by atoms with Crippen molar-refractivity contribution in [1.82, 2.24) is 15.1 Å². The van der Waals surface area contributed by atoms with E-state index in [-0.39, 0.29) is 6.04 Å². The summed E-state index contributed by atoms with van der Waals surface area (Å²) in [5.41, 5.74) is 2.20. The van der Waals surface area contributed by atoms with E-state index in [2.05, 4.69) is 41.7 Å². The van der Waals surface area contributed by atoms with Crippen molar-refractivity contribution >= 4 is 16.8 Å². The van der Waals surface area contributed by atoms with Gasteiger partial charge in [0.1, 0.15) is 17.2 Å². The minimum atomic E-state index is 0.196. The van der Waals surface area contributed by atoms with Crippen LogP contribution in [0.4, 0.5) is 5.82 Å².